The molecule has 6 heteroatoms. The fraction of sp³-hybridized carbons (Fsp3) is 0.333. The minimum absolute atomic E-state index is 0.0313. The number of likely N-dealkylation sites (tertiary alicyclic amines) is 1. The lowest BCUT2D eigenvalue weighted by atomic mass is 10.0. The Labute approximate surface area is 164 Å². The molecule has 1 N–H and O–H groups in total. The molecule has 27 heavy (non-hydrogen) atoms. The van der Waals surface area contributed by atoms with Crippen molar-refractivity contribution in [2.24, 2.45) is 0 Å². The topological polar surface area (TPSA) is 58.6 Å². The highest BCUT2D eigenvalue weighted by Gasteiger charge is 2.28. The molecule has 1 fully saturated rings. The number of hydrogen-bond acceptors (Lipinski definition) is 3. The van der Waals surface area contributed by atoms with Crippen LogP contribution in [0.25, 0.3) is 0 Å². The molecule has 2 aromatic carbocycles. The summed E-state index contributed by atoms with van der Waals surface area (Å²) >= 11 is 5.84. The summed E-state index contributed by atoms with van der Waals surface area (Å²) in [6.07, 6.45) is 2.48. The number of nitrogens with zero attached hydrogens (tertiary/aromatic N) is 1. The average molecular weight is 387 g/mol. The van der Waals surface area contributed by atoms with E-state index in [1.807, 2.05) is 35.2 Å². The van der Waals surface area contributed by atoms with Crippen LogP contribution >= 0.6 is 11.6 Å². The molecule has 1 saturated heterocycles. The van der Waals surface area contributed by atoms with Crippen LogP contribution in [0.15, 0.2) is 54.6 Å². The standard InChI is InChI=1S/C21H23ClN2O3/c22-17-8-10-18(11-9-17)27-15-20(25)23-19(14-16-6-2-1-3-7-16)21(26)24-12-4-5-13-24/h1-3,6-11,19H,4-5,12-15H2,(H,23,25)/t19-/m0/s1. The number of carbonyl (C=O) groups excluding carboxylic acids is 2. The number of carbonyl (C=O) groups is 2. The van der Waals surface area contributed by atoms with Crippen molar-refractivity contribution >= 4 is 23.4 Å². The molecule has 3 rings (SSSR count). The van der Waals surface area contributed by atoms with E-state index in [2.05, 4.69) is 5.32 Å². The van der Waals surface area contributed by atoms with Gasteiger partial charge in [0.25, 0.3) is 5.91 Å². The predicted molar refractivity (Wildman–Crippen MR) is 105 cm³/mol. The first-order valence-corrected chi connectivity index (χ1v) is 9.50. The normalized spacial score (nSPS) is 14.6. The van der Waals surface area contributed by atoms with E-state index in [1.54, 1.807) is 24.3 Å². The van der Waals surface area contributed by atoms with Crippen LogP contribution in [-0.4, -0.2) is 42.5 Å². The maximum atomic E-state index is 12.9. The highest BCUT2D eigenvalue weighted by Crippen LogP contribution is 2.16. The molecule has 142 valence electrons. The van der Waals surface area contributed by atoms with Gasteiger partial charge in [0.1, 0.15) is 11.8 Å². The van der Waals surface area contributed by atoms with Crippen LogP contribution < -0.4 is 10.1 Å². The van der Waals surface area contributed by atoms with Crippen LogP contribution in [0.3, 0.4) is 0 Å². The Hall–Kier alpha value is -2.53. The van der Waals surface area contributed by atoms with Crippen LogP contribution in [0.4, 0.5) is 0 Å². The summed E-state index contributed by atoms with van der Waals surface area (Å²) in [4.78, 5) is 27.1. The van der Waals surface area contributed by atoms with Crippen LogP contribution in [-0.2, 0) is 16.0 Å². The van der Waals surface area contributed by atoms with E-state index in [9.17, 15) is 9.59 Å². The van der Waals surface area contributed by atoms with Crippen LogP contribution in [0, 0.1) is 0 Å². The van der Waals surface area contributed by atoms with E-state index in [0.29, 0.717) is 17.2 Å². The van der Waals surface area contributed by atoms with Crippen LogP contribution in [0.1, 0.15) is 18.4 Å². The molecular weight excluding hydrogens is 364 g/mol. The second kappa shape index (κ2) is 9.42. The summed E-state index contributed by atoms with van der Waals surface area (Å²) in [5.74, 6) is 0.203. The maximum Gasteiger partial charge on any atom is 0.258 e. The Morgan fingerprint density at radius 3 is 2.37 bits per heavy atom. The summed E-state index contributed by atoms with van der Waals surface area (Å²) < 4.78 is 5.48. The lowest BCUT2D eigenvalue weighted by Gasteiger charge is -2.24. The Morgan fingerprint density at radius 2 is 1.70 bits per heavy atom. The summed E-state index contributed by atoms with van der Waals surface area (Å²) in [5.41, 5.74) is 1.01. The van der Waals surface area contributed by atoms with E-state index in [-0.39, 0.29) is 18.4 Å². The second-order valence-corrected chi connectivity index (χ2v) is 7.02. The van der Waals surface area contributed by atoms with Crippen molar-refractivity contribution < 1.29 is 14.3 Å². The molecule has 0 saturated carbocycles. The highest BCUT2D eigenvalue weighted by atomic mass is 35.5. The zero-order valence-corrected chi connectivity index (χ0v) is 15.8. The zero-order valence-electron chi connectivity index (χ0n) is 15.1. The quantitative estimate of drug-likeness (QED) is 0.795. The van der Waals surface area contributed by atoms with E-state index in [1.165, 1.54) is 0 Å². The number of amides is 2. The first-order valence-electron chi connectivity index (χ1n) is 9.12. The number of ether oxygens (including phenoxy) is 1. The summed E-state index contributed by atoms with van der Waals surface area (Å²) in [5, 5.41) is 3.45. The van der Waals surface area contributed by atoms with Crippen molar-refractivity contribution in [2.45, 2.75) is 25.3 Å². The summed E-state index contributed by atoms with van der Waals surface area (Å²) in [6, 6.07) is 15.9. The molecule has 1 atom stereocenters. The van der Waals surface area contributed by atoms with Crippen molar-refractivity contribution in [3.63, 3.8) is 0 Å². The molecule has 0 spiro atoms. The Morgan fingerprint density at radius 1 is 1.04 bits per heavy atom. The number of benzene rings is 2. The molecule has 0 aliphatic carbocycles. The molecule has 2 aromatic rings. The summed E-state index contributed by atoms with van der Waals surface area (Å²) in [7, 11) is 0. The third-order valence-corrected chi connectivity index (χ3v) is 4.77. The Bertz CT molecular complexity index is 759. The third-order valence-electron chi connectivity index (χ3n) is 4.52. The molecule has 0 unspecified atom stereocenters. The summed E-state index contributed by atoms with van der Waals surface area (Å²) in [6.45, 7) is 1.35. The van der Waals surface area contributed by atoms with E-state index in [0.717, 1.165) is 31.5 Å². The Balaban J connectivity index is 1.61. The molecule has 0 radical (unpaired) electrons. The molecule has 0 aromatic heterocycles. The van der Waals surface area contributed by atoms with Gasteiger partial charge in [-0.1, -0.05) is 41.9 Å². The van der Waals surface area contributed by atoms with E-state index >= 15 is 0 Å². The van der Waals surface area contributed by atoms with Gasteiger partial charge in [0.15, 0.2) is 6.61 Å². The van der Waals surface area contributed by atoms with Gasteiger partial charge in [-0.15, -0.1) is 0 Å². The van der Waals surface area contributed by atoms with Crippen molar-refractivity contribution in [1.29, 1.82) is 0 Å². The number of halogens is 1. The monoisotopic (exact) mass is 386 g/mol. The minimum Gasteiger partial charge on any atom is -0.484 e. The van der Waals surface area contributed by atoms with Gasteiger partial charge in [-0.25, -0.2) is 0 Å². The first-order chi connectivity index (χ1) is 13.1. The molecule has 0 bridgehead atoms. The SMILES string of the molecule is O=C(COc1ccc(Cl)cc1)N[C@@H](Cc1ccccc1)C(=O)N1CCCC1. The third kappa shape index (κ3) is 5.73. The van der Waals surface area contributed by atoms with Gasteiger partial charge in [0.05, 0.1) is 0 Å². The van der Waals surface area contributed by atoms with Crippen LogP contribution in [0.5, 0.6) is 5.75 Å². The fourth-order valence-electron chi connectivity index (χ4n) is 3.12. The van der Waals surface area contributed by atoms with Gasteiger partial charge in [0.2, 0.25) is 5.91 Å². The van der Waals surface area contributed by atoms with Crippen molar-refractivity contribution in [3.8, 4) is 5.75 Å². The van der Waals surface area contributed by atoms with Gasteiger partial charge in [-0.2, -0.15) is 0 Å². The van der Waals surface area contributed by atoms with Crippen molar-refractivity contribution in [3.05, 3.63) is 65.2 Å². The van der Waals surface area contributed by atoms with E-state index < -0.39 is 6.04 Å². The average Bonchev–Trinajstić information content (AvgIpc) is 3.22. The number of hydrogen-bond donors (Lipinski definition) is 1. The smallest absolute Gasteiger partial charge is 0.258 e. The van der Waals surface area contributed by atoms with E-state index in [4.69, 9.17) is 16.3 Å². The molecule has 1 aliphatic rings. The zero-order chi connectivity index (χ0) is 19.1. The maximum absolute atomic E-state index is 12.9. The van der Waals surface area contributed by atoms with Gasteiger partial charge in [-0.05, 0) is 42.7 Å². The van der Waals surface area contributed by atoms with Crippen molar-refractivity contribution in [2.75, 3.05) is 19.7 Å². The number of rotatable bonds is 7. The molecule has 1 aliphatic heterocycles. The van der Waals surface area contributed by atoms with Gasteiger partial charge in [-0.3, -0.25) is 9.59 Å². The molecule has 1 heterocycles. The predicted octanol–water partition coefficient (Wildman–Crippen LogP) is 3.07. The first kappa shape index (κ1) is 19.2. The molecule has 2 amide bonds. The fourth-order valence-corrected chi connectivity index (χ4v) is 3.25. The number of nitrogens with one attached hydrogen (secondary N) is 1. The Kier molecular flexibility index (Phi) is 6.71. The largest absolute Gasteiger partial charge is 0.484 e. The van der Waals surface area contributed by atoms with Gasteiger partial charge < -0.3 is 15.0 Å². The molecule has 5 nitrogen and oxygen atoms in total. The van der Waals surface area contributed by atoms with Crippen LogP contribution in [0.2, 0.25) is 5.02 Å². The van der Waals surface area contributed by atoms with Crippen molar-refractivity contribution in [1.82, 2.24) is 10.2 Å². The minimum atomic E-state index is -0.591. The van der Waals surface area contributed by atoms with Gasteiger partial charge >= 0.3 is 0 Å². The lowest BCUT2D eigenvalue weighted by molar-refractivity contribution is -0.136. The molecular formula is C21H23ClN2O3. The lowest BCUT2D eigenvalue weighted by Crippen LogP contribution is -2.50. The van der Waals surface area contributed by atoms with Gasteiger partial charge in [0, 0.05) is 24.5 Å². The second-order valence-electron chi connectivity index (χ2n) is 6.58. The highest BCUT2D eigenvalue weighted by molar-refractivity contribution is 6.30.